The lowest BCUT2D eigenvalue weighted by Gasteiger charge is -2.24. The highest BCUT2D eigenvalue weighted by Gasteiger charge is 2.39. The predicted octanol–water partition coefficient (Wildman–Crippen LogP) is 14.8. The van der Waals surface area contributed by atoms with E-state index in [1.807, 2.05) is 0 Å². The van der Waals surface area contributed by atoms with Crippen LogP contribution in [0.5, 0.6) is 0 Å². The Kier molecular flexibility index (Phi) is 6.46. The molecule has 0 amide bonds. The average molecular weight is 689 g/mol. The lowest BCUT2D eigenvalue weighted by atomic mass is 9.78. The molecule has 0 radical (unpaired) electrons. The van der Waals surface area contributed by atoms with Crippen LogP contribution < -0.4 is 0 Å². The highest BCUT2D eigenvalue weighted by molar-refractivity contribution is 6.21. The van der Waals surface area contributed by atoms with Gasteiger partial charge < -0.3 is 0 Å². The molecule has 0 atom stereocenters. The molecule has 0 bridgehead atoms. The fourth-order valence-electron chi connectivity index (χ4n) is 10.2. The summed E-state index contributed by atoms with van der Waals surface area (Å²) in [7, 11) is 0. The van der Waals surface area contributed by atoms with E-state index in [0.717, 1.165) is 0 Å². The van der Waals surface area contributed by atoms with E-state index in [0.29, 0.717) is 0 Å². The van der Waals surface area contributed by atoms with Crippen molar-refractivity contribution >= 4 is 32.3 Å². The maximum Gasteiger partial charge on any atom is 0.0159 e. The van der Waals surface area contributed by atoms with Crippen molar-refractivity contribution in [3.05, 3.63) is 192 Å². The molecular formula is C54H40. The maximum absolute atomic E-state index is 2.50. The van der Waals surface area contributed by atoms with Crippen LogP contribution in [-0.4, -0.2) is 0 Å². The van der Waals surface area contributed by atoms with Crippen molar-refractivity contribution in [2.75, 3.05) is 0 Å². The average Bonchev–Trinajstić information content (AvgIpc) is 3.58. The van der Waals surface area contributed by atoms with Gasteiger partial charge in [0.15, 0.2) is 0 Å². The van der Waals surface area contributed by atoms with Gasteiger partial charge in [0.25, 0.3) is 0 Å². The van der Waals surface area contributed by atoms with E-state index in [-0.39, 0.29) is 10.8 Å². The topological polar surface area (TPSA) is 0 Å². The summed E-state index contributed by atoms with van der Waals surface area (Å²) in [5, 5.41) is 7.82. The lowest BCUT2D eigenvalue weighted by molar-refractivity contribution is 0.660. The van der Waals surface area contributed by atoms with Crippen molar-refractivity contribution in [1.29, 1.82) is 0 Å². The van der Waals surface area contributed by atoms with Gasteiger partial charge in [0, 0.05) is 10.8 Å². The molecule has 0 heterocycles. The van der Waals surface area contributed by atoms with Crippen molar-refractivity contribution in [2.24, 2.45) is 0 Å². The van der Waals surface area contributed by atoms with E-state index < -0.39 is 0 Å². The molecular weight excluding hydrogens is 649 g/mol. The van der Waals surface area contributed by atoms with Crippen LogP contribution in [-0.2, 0) is 10.8 Å². The quantitative estimate of drug-likeness (QED) is 0.162. The van der Waals surface area contributed by atoms with Gasteiger partial charge in [-0.25, -0.2) is 0 Å². The summed E-state index contributed by atoms with van der Waals surface area (Å²) in [5.74, 6) is 0. The summed E-state index contributed by atoms with van der Waals surface area (Å²) in [4.78, 5) is 0. The summed E-state index contributed by atoms with van der Waals surface area (Å²) in [6.45, 7) is 9.61. The SMILES string of the molecule is CC1(C)c2cc(-c3cc4c(c5ccccc35)-c3ccccc3C4(C)C)ccc2-c2ccc(-c3c4ccccc4c(-c4ccccc4)c4ccccc34)cc21. The fourth-order valence-corrected chi connectivity index (χ4v) is 10.2. The highest BCUT2D eigenvalue weighted by Crippen LogP contribution is 2.55. The zero-order chi connectivity index (χ0) is 36.3. The smallest absolute Gasteiger partial charge is 0.0159 e. The molecule has 11 rings (SSSR count). The van der Waals surface area contributed by atoms with Crippen molar-refractivity contribution in [3.63, 3.8) is 0 Å². The minimum absolute atomic E-state index is 0.0685. The van der Waals surface area contributed by atoms with E-state index in [9.17, 15) is 0 Å². The third-order valence-electron chi connectivity index (χ3n) is 12.9. The van der Waals surface area contributed by atoms with Gasteiger partial charge in [0.1, 0.15) is 0 Å². The second-order valence-corrected chi connectivity index (χ2v) is 16.4. The van der Waals surface area contributed by atoms with Gasteiger partial charge in [-0.05, 0) is 128 Å². The molecule has 0 aromatic heterocycles. The Balaban J connectivity index is 1.08. The fraction of sp³-hybridized carbons (Fsp3) is 0.111. The zero-order valence-corrected chi connectivity index (χ0v) is 31.2. The summed E-state index contributed by atoms with van der Waals surface area (Å²) in [5.41, 5.74) is 18.6. The number of hydrogen-bond donors (Lipinski definition) is 0. The lowest BCUT2D eigenvalue weighted by Crippen LogP contribution is -2.15. The van der Waals surface area contributed by atoms with E-state index in [2.05, 4.69) is 198 Å². The molecule has 0 unspecified atom stereocenters. The van der Waals surface area contributed by atoms with E-state index in [4.69, 9.17) is 0 Å². The van der Waals surface area contributed by atoms with Crippen molar-refractivity contribution in [1.82, 2.24) is 0 Å². The van der Waals surface area contributed by atoms with Crippen LogP contribution in [0.2, 0.25) is 0 Å². The van der Waals surface area contributed by atoms with Crippen LogP contribution in [0.15, 0.2) is 170 Å². The van der Waals surface area contributed by atoms with Crippen molar-refractivity contribution in [3.8, 4) is 55.6 Å². The van der Waals surface area contributed by atoms with E-state index in [1.54, 1.807) is 0 Å². The van der Waals surface area contributed by atoms with Crippen LogP contribution >= 0.6 is 0 Å². The Labute approximate surface area is 317 Å². The van der Waals surface area contributed by atoms with Crippen LogP contribution in [0.25, 0.3) is 88.0 Å². The first kappa shape index (κ1) is 31.3. The second-order valence-electron chi connectivity index (χ2n) is 16.4. The van der Waals surface area contributed by atoms with Crippen LogP contribution in [0.3, 0.4) is 0 Å². The van der Waals surface area contributed by atoms with Gasteiger partial charge in [-0.1, -0.05) is 179 Å². The summed E-state index contributed by atoms with van der Waals surface area (Å²) in [6.07, 6.45) is 0. The van der Waals surface area contributed by atoms with Crippen LogP contribution in [0.1, 0.15) is 49.9 Å². The predicted molar refractivity (Wildman–Crippen MR) is 230 cm³/mol. The van der Waals surface area contributed by atoms with E-state index >= 15 is 0 Å². The first-order chi connectivity index (χ1) is 26.3. The van der Waals surface area contributed by atoms with Gasteiger partial charge in [-0.3, -0.25) is 0 Å². The molecule has 54 heavy (non-hydrogen) atoms. The van der Waals surface area contributed by atoms with Gasteiger partial charge in [0.2, 0.25) is 0 Å². The molecule has 256 valence electrons. The Morgan fingerprint density at radius 2 is 0.704 bits per heavy atom. The first-order valence-electron chi connectivity index (χ1n) is 19.3. The van der Waals surface area contributed by atoms with Crippen molar-refractivity contribution < 1.29 is 0 Å². The molecule has 0 N–H and O–H groups in total. The molecule has 0 aliphatic heterocycles. The molecule has 0 saturated heterocycles. The molecule has 0 heteroatoms. The van der Waals surface area contributed by atoms with Crippen molar-refractivity contribution in [2.45, 2.75) is 38.5 Å². The van der Waals surface area contributed by atoms with Gasteiger partial charge in [0.05, 0.1) is 0 Å². The third-order valence-corrected chi connectivity index (χ3v) is 12.9. The minimum Gasteiger partial charge on any atom is -0.0622 e. The normalized spacial score (nSPS) is 14.6. The van der Waals surface area contributed by atoms with Crippen LogP contribution in [0.4, 0.5) is 0 Å². The Morgan fingerprint density at radius 1 is 0.259 bits per heavy atom. The number of hydrogen-bond acceptors (Lipinski definition) is 0. The number of fused-ring (bicyclic) bond motifs is 10. The largest absolute Gasteiger partial charge is 0.0622 e. The highest BCUT2D eigenvalue weighted by atomic mass is 14.4. The summed E-state index contributed by atoms with van der Waals surface area (Å²) >= 11 is 0. The Morgan fingerprint density at radius 3 is 1.31 bits per heavy atom. The number of rotatable bonds is 3. The molecule has 0 nitrogen and oxygen atoms in total. The molecule has 2 aliphatic carbocycles. The van der Waals surface area contributed by atoms with Crippen LogP contribution in [0, 0.1) is 0 Å². The van der Waals surface area contributed by atoms with Gasteiger partial charge in [-0.15, -0.1) is 0 Å². The monoisotopic (exact) mass is 688 g/mol. The zero-order valence-electron chi connectivity index (χ0n) is 31.2. The second kappa shape index (κ2) is 11.1. The molecule has 0 fully saturated rings. The molecule has 9 aromatic rings. The summed E-state index contributed by atoms with van der Waals surface area (Å²) in [6, 6.07) is 63.8. The van der Waals surface area contributed by atoms with E-state index in [1.165, 1.54) is 110 Å². The third kappa shape index (κ3) is 4.20. The number of benzene rings is 9. The molecule has 2 aliphatic rings. The summed E-state index contributed by atoms with van der Waals surface area (Å²) < 4.78 is 0. The minimum atomic E-state index is -0.172. The standard InChI is InChI=1S/C54H40/c1-53(2)46-25-15-14-24-44(46)52-39-19-9-8-18-36(39)45(32-49(52)53)34-26-28-37-38-29-27-35(31-48(38)54(3,4)47(37)30-34)51-42-22-12-10-20-40(42)50(33-16-6-5-7-17-33)41-21-11-13-23-43(41)51/h5-32H,1-4H3. The van der Waals surface area contributed by atoms with Gasteiger partial charge >= 0.3 is 0 Å². The molecule has 0 saturated carbocycles. The Hall–Kier alpha value is -6.24. The molecule has 0 spiro atoms. The maximum atomic E-state index is 2.50. The Bertz CT molecular complexity index is 2970. The van der Waals surface area contributed by atoms with Gasteiger partial charge in [-0.2, -0.15) is 0 Å². The first-order valence-corrected chi connectivity index (χ1v) is 19.3. The molecule has 9 aromatic carbocycles.